The van der Waals surface area contributed by atoms with Crippen LogP contribution in [0, 0.1) is 5.82 Å². The van der Waals surface area contributed by atoms with Crippen molar-refractivity contribution in [3.05, 3.63) is 23.0 Å². The summed E-state index contributed by atoms with van der Waals surface area (Å²) in [5, 5.41) is 0.236. The molecule has 0 saturated heterocycles. The Morgan fingerprint density at radius 2 is 2.23 bits per heavy atom. The van der Waals surface area contributed by atoms with Crippen molar-refractivity contribution in [3.8, 4) is 5.75 Å². The van der Waals surface area contributed by atoms with Crippen molar-refractivity contribution in [1.82, 2.24) is 0 Å². The van der Waals surface area contributed by atoms with Gasteiger partial charge in [-0.25, -0.2) is 4.39 Å². The average molecular weight is 206 g/mol. The molecule has 0 radical (unpaired) electrons. The topological polar surface area (TPSA) is 44.5 Å². The maximum atomic E-state index is 13.1. The Morgan fingerprint density at radius 3 is 2.77 bits per heavy atom. The number of ether oxygens (including phenoxy) is 2. The summed E-state index contributed by atoms with van der Waals surface area (Å²) in [4.78, 5) is 0. The minimum absolute atomic E-state index is 0.0359. The van der Waals surface area contributed by atoms with Gasteiger partial charge in [0.25, 0.3) is 0 Å². The molecule has 0 unspecified atom stereocenters. The quantitative estimate of drug-likeness (QED) is 0.607. The minimum atomic E-state index is -0.595. The van der Waals surface area contributed by atoms with Gasteiger partial charge in [-0.2, -0.15) is 0 Å². The highest BCUT2D eigenvalue weighted by Crippen LogP contribution is 2.28. The van der Waals surface area contributed by atoms with Crippen molar-refractivity contribution in [2.75, 3.05) is 19.6 Å². The first kappa shape index (κ1) is 10.1. The molecule has 0 saturated carbocycles. The average Bonchev–Trinajstić information content (AvgIpc) is 2.02. The number of hydrogen-bond acceptors (Lipinski definition) is 3. The van der Waals surface area contributed by atoms with Gasteiger partial charge in [-0.15, -0.1) is 0 Å². The molecule has 0 heterocycles. The lowest BCUT2D eigenvalue weighted by molar-refractivity contribution is 0.0489. The number of anilines is 1. The lowest BCUT2D eigenvalue weighted by Crippen LogP contribution is -2.03. The molecule has 0 aliphatic rings. The van der Waals surface area contributed by atoms with E-state index < -0.39 is 5.82 Å². The first-order valence-electron chi connectivity index (χ1n) is 3.51. The van der Waals surface area contributed by atoms with Crippen LogP contribution >= 0.6 is 11.6 Å². The molecule has 1 aromatic carbocycles. The van der Waals surface area contributed by atoms with E-state index in [1.807, 2.05) is 0 Å². The largest absolute Gasteiger partial charge is 0.462 e. The van der Waals surface area contributed by atoms with Gasteiger partial charge in [0, 0.05) is 12.1 Å². The minimum Gasteiger partial charge on any atom is -0.462 e. The summed E-state index contributed by atoms with van der Waals surface area (Å²) in [6, 6.07) is 2.54. The maximum Gasteiger partial charge on any atom is 0.188 e. The lowest BCUT2D eigenvalue weighted by Gasteiger charge is -2.08. The number of hydrogen-bond donors (Lipinski definition) is 1. The maximum absolute atomic E-state index is 13.1. The highest BCUT2D eigenvalue weighted by atomic mass is 35.5. The molecule has 3 nitrogen and oxygen atoms in total. The van der Waals surface area contributed by atoms with Crippen molar-refractivity contribution in [1.29, 1.82) is 0 Å². The predicted molar refractivity (Wildman–Crippen MR) is 48.3 cm³/mol. The fourth-order valence-corrected chi connectivity index (χ4v) is 1.06. The van der Waals surface area contributed by atoms with Gasteiger partial charge in [0.1, 0.15) is 0 Å². The number of methoxy groups -OCH3 is 1. The van der Waals surface area contributed by atoms with E-state index in [0.29, 0.717) is 0 Å². The molecular weight excluding hydrogens is 197 g/mol. The molecule has 5 heteroatoms. The van der Waals surface area contributed by atoms with Gasteiger partial charge in [-0.3, -0.25) is 0 Å². The summed E-state index contributed by atoms with van der Waals surface area (Å²) in [6.07, 6.45) is 0. The van der Waals surface area contributed by atoms with Gasteiger partial charge in [-0.1, -0.05) is 11.6 Å². The molecule has 2 N–H and O–H groups in total. The summed E-state index contributed by atoms with van der Waals surface area (Å²) < 4.78 is 22.6. The third-order valence-corrected chi connectivity index (χ3v) is 1.58. The second kappa shape index (κ2) is 4.30. The molecule has 0 aliphatic carbocycles. The molecular formula is C8H9ClFNO2. The molecule has 0 fully saturated rings. The monoisotopic (exact) mass is 205 g/mol. The summed E-state index contributed by atoms with van der Waals surface area (Å²) >= 11 is 5.55. The SMILES string of the molecule is COCOc1c(N)cc(Cl)cc1F. The van der Waals surface area contributed by atoms with Crippen LogP contribution in [0.15, 0.2) is 12.1 Å². The van der Waals surface area contributed by atoms with Crippen molar-refractivity contribution >= 4 is 17.3 Å². The van der Waals surface area contributed by atoms with Gasteiger partial charge in [-0.05, 0) is 12.1 Å². The van der Waals surface area contributed by atoms with Gasteiger partial charge in [0.15, 0.2) is 18.4 Å². The van der Waals surface area contributed by atoms with Crippen LogP contribution in [-0.4, -0.2) is 13.9 Å². The molecule has 0 aliphatic heterocycles. The van der Waals surface area contributed by atoms with Crippen molar-refractivity contribution in [2.45, 2.75) is 0 Å². The molecule has 1 aromatic rings. The molecule has 0 amide bonds. The van der Waals surface area contributed by atoms with Crippen LogP contribution in [0.3, 0.4) is 0 Å². The van der Waals surface area contributed by atoms with Crippen LogP contribution in [0.2, 0.25) is 5.02 Å². The second-order valence-electron chi connectivity index (χ2n) is 2.36. The Hall–Kier alpha value is -1.00. The summed E-state index contributed by atoms with van der Waals surface area (Å²) in [7, 11) is 1.43. The van der Waals surface area contributed by atoms with Crippen LogP contribution < -0.4 is 10.5 Å². The van der Waals surface area contributed by atoms with E-state index in [-0.39, 0.29) is 23.3 Å². The highest BCUT2D eigenvalue weighted by molar-refractivity contribution is 6.30. The number of halogens is 2. The van der Waals surface area contributed by atoms with Crippen LogP contribution in [0.25, 0.3) is 0 Å². The Morgan fingerprint density at radius 1 is 1.54 bits per heavy atom. The third kappa shape index (κ3) is 2.47. The van der Waals surface area contributed by atoms with E-state index in [1.54, 1.807) is 0 Å². The van der Waals surface area contributed by atoms with E-state index in [0.717, 1.165) is 6.07 Å². The number of nitrogens with two attached hydrogens (primary N) is 1. The van der Waals surface area contributed by atoms with E-state index in [1.165, 1.54) is 13.2 Å². The van der Waals surface area contributed by atoms with Crippen LogP contribution in [0.4, 0.5) is 10.1 Å². The Balaban J connectivity index is 2.92. The van der Waals surface area contributed by atoms with Crippen LogP contribution in [0.1, 0.15) is 0 Å². The third-order valence-electron chi connectivity index (χ3n) is 1.36. The molecule has 13 heavy (non-hydrogen) atoms. The Labute approximate surface area is 80.2 Å². The zero-order valence-electron chi connectivity index (χ0n) is 7.01. The number of rotatable bonds is 3. The zero-order chi connectivity index (χ0) is 9.84. The first-order chi connectivity index (χ1) is 6.15. The highest BCUT2D eigenvalue weighted by Gasteiger charge is 2.08. The van der Waals surface area contributed by atoms with Crippen LogP contribution in [0.5, 0.6) is 5.75 Å². The summed E-state index contributed by atoms with van der Waals surface area (Å²) in [6.45, 7) is -0.0528. The first-order valence-corrected chi connectivity index (χ1v) is 3.89. The Kier molecular flexibility index (Phi) is 3.33. The fourth-order valence-electron chi connectivity index (χ4n) is 0.850. The fraction of sp³-hybridized carbons (Fsp3) is 0.250. The number of benzene rings is 1. The standard InChI is InChI=1S/C8H9ClFNO2/c1-12-4-13-8-6(10)2-5(9)3-7(8)11/h2-3H,4,11H2,1H3. The zero-order valence-corrected chi connectivity index (χ0v) is 7.77. The van der Waals surface area contributed by atoms with Gasteiger partial charge in [0.05, 0.1) is 5.69 Å². The molecule has 72 valence electrons. The van der Waals surface area contributed by atoms with Crippen molar-refractivity contribution in [3.63, 3.8) is 0 Å². The second-order valence-corrected chi connectivity index (χ2v) is 2.79. The van der Waals surface area contributed by atoms with E-state index in [2.05, 4.69) is 4.74 Å². The van der Waals surface area contributed by atoms with Crippen molar-refractivity contribution < 1.29 is 13.9 Å². The predicted octanol–water partition coefficient (Wildman–Crippen LogP) is 2.04. The molecule has 0 aromatic heterocycles. The van der Waals surface area contributed by atoms with E-state index in [4.69, 9.17) is 22.1 Å². The molecule has 0 bridgehead atoms. The van der Waals surface area contributed by atoms with Crippen LogP contribution in [-0.2, 0) is 4.74 Å². The van der Waals surface area contributed by atoms with E-state index in [9.17, 15) is 4.39 Å². The number of nitrogen functional groups attached to an aromatic ring is 1. The van der Waals surface area contributed by atoms with Crippen molar-refractivity contribution in [2.24, 2.45) is 0 Å². The summed E-state index contributed by atoms with van der Waals surface area (Å²) in [5.74, 6) is -0.631. The molecule has 1 rings (SSSR count). The van der Waals surface area contributed by atoms with Gasteiger partial charge >= 0.3 is 0 Å². The molecule has 0 atom stereocenters. The van der Waals surface area contributed by atoms with Gasteiger partial charge < -0.3 is 15.2 Å². The van der Waals surface area contributed by atoms with Gasteiger partial charge in [0.2, 0.25) is 0 Å². The molecule has 0 spiro atoms. The summed E-state index contributed by atoms with van der Waals surface area (Å²) in [5.41, 5.74) is 5.61. The Bertz CT molecular complexity index is 283. The normalized spacial score (nSPS) is 10.1. The lowest BCUT2D eigenvalue weighted by atomic mass is 10.3. The smallest absolute Gasteiger partial charge is 0.188 e. The van der Waals surface area contributed by atoms with E-state index >= 15 is 0 Å².